The Hall–Kier alpha value is -0.433. The van der Waals surface area contributed by atoms with Crippen LogP contribution in [0.15, 0.2) is 0 Å². The lowest BCUT2D eigenvalue weighted by Gasteiger charge is -2.38. The van der Waals surface area contributed by atoms with Gasteiger partial charge in [-0.2, -0.15) is 0 Å². The van der Waals surface area contributed by atoms with E-state index in [9.17, 15) is 4.79 Å². The van der Waals surface area contributed by atoms with E-state index in [1.807, 2.05) is 6.92 Å². The lowest BCUT2D eigenvalue weighted by Crippen LogP contribution is -2.48. The van der Waals surface area contributed by atoms with E-state index in [2.05, 4.69) is 33.9 Å². The Morgan fingerprint density at radius 2 is 1.70 bits per heavy atom. The molecular formula is C14H30O5Si. The number of methoxy groups -OCH3 is 2. The van der Waals surface area contributed by atoms with E-state index >= 15 is 0 Å². The minimum Gasteiger partial charge on any atom is -0.467 e. The van der Waals surface area contributed by atoms with Gasteiger partial charge in [-0.1, -0.05) is 20.8 Å². The standard InChI is InChI=1S/C14H30O5Si/c1-11(9-16-5)18-10-12(13(15)17-6)19-20(7,8)14(2,3)4/h11-12H,9-10H2,1-8H3/t11-,12+/m1/s1. The first kappa shape index (κ1) is 19.6. The molecule has 0 aliphatic rings. The van der Waals surface area contributed by atoms with E-state index in [4.69, 9.17) is 18.6 Å². The minimum absolute atomic E-state index is 0.0252. The van der Waals surface area contributed by atoms with E-state index in [-0.39, 0.29) is 23.7 Å². The van der Waals surface area contributed by atoms with Gasteiger partial charge in [0.1, 0.15) is 0 Å². The molecular weight excluding hydrogens is 276 g/mol. The van der Waals surface area contributed by atoms with Gasteiger partial charge in [-0.05, 0) is 25.1 Å². The third-order valence-corrected chi connectivity index (χ3v) is 8.13. The highest BCUT2D eigenvalue weighted by atomic mass is 28.4. The second-order valence-corrected chi connectivity index (χ2v) is 11.2. The zero-order chi connectivity index (χ0) is 16.0. The van der Waals surface area contributed by atoms with Crippen molar-refractivity contribution in [1.82, 2.24) is 0 Å². The van der Waals surface area contributed by atoms with Crippen LogP contribution in [0, 0.1) is 0 Å². The molecule has 0 saturated carbocycles. The van der Waals surface area contributed by atoms with Crippen molar-refractivity contribution in [2.45, 2.75) is 58.0 Å². The molecule has 20 heavy (non-hydrogen) atoms. The summed E-state index contributed by atoms with van der Waals surface area (Å²) in [7, 11) is 0.929. The predicted molar refractivity (Wildman–Crippen MR) is 81.4 cm³/mol. The highest BCUT2D eigenvalue weighted by Crippen LogP contribution is 2.37. The van der Waals surface area contributed by atoms with E-state index in [0.717, 1.165) is 0 Å². The summed E-state index contributed by atoms with van der Waals surface area (Å²) in [6.45, 7) is 13.1. The lowest BCUT2D eigenvalue weighted by molar-refractivity contribution is -0.154. The van der Waals surface area contributed by atoms with Gasteiger partial charge in [-0.3, -0.25) is 0 Å². The number of carbonyl (C=O) groups is 1. The molecule has 120 valence electrons. The van der Waals surface area contributed by atoms with Crippen LogP contribution in [0.3, 0.4) is 0 Å². The van der Waals surface area contributed by atoms with Crippen LogP contribution in [0.4, 0.5) is 0 Å². The molecule has 0 aromatic rings. The largest absolute Gasteiger partial charge is 0.467 e. The third kappa shape index (κ3) is 6.34. The van der Waals surface area contributed by atoms with Crippen molar-refractivity contribution >= 4 is 14.3 Å². The number of carbonyl (C=O) groups excluding carboxylic acids is 1. The monoisotopic (exact) mass is 306 g/mol. The first-order chi connectivity index (χ1) is 9.05. The topological polar surface area (TPSA) is 54.0 Å². The molecule has 0 aromatic carbocycles. The minimum atomic E-state index is -2.05. The average molecular weight is 306 g/mol. The maximum Gasteiger partial charge on any atom is 0.336 e. The first-order valence-electron chi connectivity index (χ1n) is 6.91. The number of rotatable bonds is 8. The molecule has 0 heterocycles. The van der Waals surface area contributed by atoms with Gasteiger partial charge in [0.05, 0.1) is 26.4 Å². The van der Waals surface area contributed by atoms with Gasteiger partial charge in [-0.25, -0.2) is 4.79 Å². The van der Waals surface area contributed by atoms with Gasteiger partial charge in [0.25, 0.3) is 0 Å². The van der Waals surface area contributed by atoms with Gasteiger partial charge >= 0.3 is 5.97 Å². The second-order valence-electron chi connectivity index (χ2n) is 6.49. The normalized spacial score (nSPS) is 15.8. The quantitative estimate of drug-likeness (QED) is 0.509. The molecule has 0 saturated heterocycles. The molecule has 0 radical (unpaired) electrons. The van der Waals surface area contributed by atoms with Crippen LogP contribution in [-0.2, 0) is 23.4 Å². The summed E-state index contributed by atoms with van der Waals surface area (Å²) in [5.41, 5.74) is 0. The summed E-state index contributed by atoms with van der Waals surface area (Å²) >= 11 is 0. The van der Waals surface area contributed by atoms with Crippen LogP contribution in [0.2, 0.25) is 18.1 Å². The molecule has 0 aliphatic heterocycles. The van der Waals surface area contributed by atoms with Gasteiger partial charge in [0.15, 0.2) is 14.4 Å². The molecule has 5 nitrogen and oxygen atoms in total. The lowest BCUT2D eigenvalue weighted by atomic mass is 10.2. The van der Waals surface area contributed by atoms with Gasteiger partial charge in [0.2, 0.25) is 0 Å². The van der Waals surface area contributed by atoms with Gasteiger partial charge < -0.3 is 18.6 Å². The summed E-state index contributed by atoms with van der Waals surface area (Å²) in [5.74, 6) is -0.389. The summed E-state index contributed by atoms with van der Waals surface area (Å²) < 4.78 is 21.5. The van der Waals surface area contributed by atoms with Crippen LogP contribution in [-0.4, -0.2) is 53.9 Å². The van der Waals surface area contributed by atoms with Crippen LogP contribution < -0.4 is 0 Å². The molecule has 0 bridgehead atoms. The maximum atomic E-state index is 11.9. The van der Waals surface area contributed by atoms with Crippen LogP contribution in [0.25, 0.3) is 0 Å². The molecule has 2 atom stereocenters. The molecule has 0 aromatic heterocycles. The van der Waals surface area contributed by atoms with Gasteiger partial charge in [-0.15, -0.1) is 0 Å². The fraction of sp³-hybridized carbons (Fsp3) is 0.929. The molecule has 0 aliphatic carbocycles. The highest BCUT2D eigenvalue weighted by Gasteiger charge is 2.41. The van der Waals surface area contributed by atoms with Crippen LogP contribution in [0.1, 0.15) is 27.7 Å². The Balaban J connectivity index is 4.70. The molecule has 0 fully saturated rings. The van der Waals surface area contributed by atoms with Crippen molar-refractivity contribution < 1.29 is 23.4 Å². The first-order valence-corrected chi connectivity index (χ1v) is 9.82. The maximum absolute atomic E-state index is 11.9. The number of ether oxygens (including phenoxy) is 3. The summed E-state index contributed by atoms with van der Waals surface area (Å²) in [4.78, 5) is 11.9. The molecule has 0 unspecified atom stereocenters. The number of hydrogen-bond acceptors (Lipinski definition) is 5. The van der Waals surface area contributed by atoms with E-state index in [1.54, 1.807) is 7.11 Å². The molecule has 0 amide bonds. The summed E-state index contributed by atoms with van der Waals surface area (Å²) in [6.07, 6.45) is -0.768. The van der Waals surface area contributed by atoms with Crippen molar-refractivity contribution in [2.75, 3.05) is 27.4 Å². The van der Waals surface area contributed by atoms with E-state index in [0.29, 0.717) is 6.61 Å². The second kappa shape index (κ2) is 8.12. The Morgan fingerprint density at radius 3 is 2.10 bits per heavy atom. The predicted octanol–water partition coefficient (Wildman–Crippen LogP) is 2.60. The zero-order valence-corrected chi connectivity index (χ0v) is 15.1. The van der Waals surface area contributed by atoms with Crippen molar-refractivity contribution in [3.05, 3.63) is 0 Å². The van der Waals surface area contributed by atoms with Gasteiger partial charge in [0, 0.05) is 7.11 Å². The summed E-state index contributed by atoms with van der Waals surface area (Å²) in [5, 5.41) is 0.0252. The Labute approximate surface area is 124 Å². The molecule has 0 spiro atoms. The molecule has 0 rings (SSSR count). The van der Waals surface area contributed by atoms with E-state index in [1.165, 1.54) is 7.11 Å². The third-order valence-electron chi connectivity index (χ3n) is 3.64. The number of esters is 1. The Kier molecular flexibility index (Phi) is 7.94. The highest BCUT2D eigenvalue weighted by molar-refractivity contribution is 6.74. The van der Waals surface area contributed by atoms with Crippen molar-refractivity contribution in [1.29, 1.82) is 0 Å². The van der Waals surface area contributed by atoms with Crippen molar-refractivity contribution in [2.24, 2.45) is 0 Å². The fourth-order valence-electron chi connectivity index (χ4n) is 1.35. The number of hydrogen-bond donors (Lipinski definition) is 0. The summed E-state index contributed by atoms with van der Waals surface area (Å²) in [6, 6.07) is 0. The van der Waals surface area contributed by atoms with Crippen molar-refractivity contribution in [3.63, 3.8) is 0 Å². The van der Waals surface area contributed by atoms with Crippen LogP contribution >= 0.6 is 0 Å². The Bertz CT molecular complexity index is 298. The molecule has 0 N–H and O–H groups in total. The average Bonchev–Trinajstić information content (AvgIpc) is 2.32. The Morgan fingerprint density at radius 1 is 1.15 bits per heavy atom. The van der Waals surface area contributed by atoms with E-state index < -0.39 is 14.4 Å². The molecule has 6 heteroatoms. The smallest absolute Gasteiger partial charge is 0.336 e. The zero-order valence-electron chi connectivity index (χ0n) is 14.1. The van der Waals surface area contributed by atoms with Crippen LogP contribution in [0.5, 0.6) is 0 Å². The SMILES string of the molecule is COC[C@@H](C)OC[C@H](O[Si](C)(C)C(C)(C)C)C(=O)OC. The van der Waals surface area contributed by atoms with Crippen molar-refractivity contribution in [3.8, 4) is 0 Å². The fourth-order valence-corrected chi connectivity index (χ4v) is 2.58.